The highest BCUT2D eigenvalue weighted by Gasteiger charge is 2.14. The highest BCUT2D eigenvalue weighted by Crippen LogP contribution is 2.05. The fourth-order valence-corrected chi connectivity index (χ4v) is 2.18. The van der Waals surface area contributed by atoms with Gasteiger partial charge in [-0.1, -0.05) is 30.3 Å². The fraction of sp³-hybridized carbons (Fsp3) is 0.429. The average Bonchev–Trinajstić information content (AvgIpc) is 2.45. The SMILES string of the molecule is CC(N)=NCCSCC(N)C(=O)OCc1ccccc1. The van der Waals surface area contributed by atoms with Gasteiger partial charge in [-0.3, -0.25) is 9.79 Å². The molecule has 0 radical (unpaired) electrons. The second-order valence-corrected chi connectivity index (χ2v) is 5.45. The quantitative estimate of drug-likeness (QED) is 0.325. The van der Waals surface area contributed by atoms with Crippen molar-refractivity contribution < 1.29 is 9.53 Å². The zero-order valence-electron chi connectivity index (χ0n) is 11.6. The first-order valence-electron chi connectivity index (χ1n) is 6.40. The van der Waals surface area contributed by atoms with Gasteiger partial charge in [0.2, 0.25) is 0 Å². The van der Waals surface area contributed by atoms with Gasteiger partial charge in [0.1, 0.15) is 12.6 Å². The van der Waals surface area contributed by atoms with Crippen molar-refractivity contribution in [2.45, 2.75) is 19.6 Å². The third kappa shape index (κ3) is 7.16. The predicted molar refractivity (Wildman–Crippen MR) is 83.7 cm³/mol. The van der Waals surface area contributed by atoms with Gasteiger partial charge in [0.05, 0.1) is 5.84 Å². The number of rotatable bonds is 8. The molecule has 5 nitrogen and oxygen atoms in total. The summed E-state index contributed by atoms with van der Waals surface area (Å²) in [5.74, 6) is 1.50. The lowest BCUT2D eigenvalue weighted by atomic mass is 10.2. The zero-order valence-corrected chi connectivity index (χ0v) is 12.4. The summed E-state index contributed by atoms with van der Waals surface area (Å²) in [6.45, 7) is 2.64. The number of hydrogen-bond acceptors (Lipinski definition) is 5. The van der Waals surface area contributed by atoms with E-state index in [1.54, 1.807) is 18.7 Å². The van der Waals surface area contributed by atoms with E-state index in [-0.39, 0.29) is 12.6 Å². The molecule has 1 atom stereocenters. The molecule has 0 aliphatic heterocycles. The molecule has 20 heavy (non-hydrogen) atoms. The number of carbonyl (C=O) groups excluding carboxylic acids is 1. The third-order valence-corrected chi connectivity index (χ3v) is 3.49. The topological polar surface area (TPSA) is 90.7 Å². The van der Waals surface area contributed by atoms with Gasteiger partial charge in [0, 0.05) is 18.1 Å². The maximum atomic E-state index is 11.7. The van der Waals surface area contributed by atoms with E-state index < -0.39 is 6.04 Å². The zero-order chi connectivity index (χ0) is 14.8. The van der Waals surface area contributed by atoms with Crippen LogP contribution in [-0.4, -0.2) is 35.9 Å². The van der Waals surface area contributed by atoms with E-state index in [9.17, 15) is 4.79 Å². The average molecular weight is 295 g/mol. The van der Waals surface area contributed by atoms with Crippen LogP contribution >= 0.6 is 11.8 Å². The number of amidine groups is 1. The predicted octanol–water partition coefficient (Wildman–Crippen LogP) is 1.17. The van der Waals surface area contributed by atoms with E-state index in [1.807, 2.05) is 30.3 Å². The van der Waals surface area contributed by atoms with Crippen LogP contribution in [0.15, 0.2) is 35.3 Å². The Labute approximate surface area is 123 Å². The molecule has 0 aliphatic carbocycles. The van der Waals surface area contributed by atoms with E-state index in [0.717, 1.165) is 11.3 Å². The first-order chi connectivity index (χ1) is 9.59. The summed E-state index contributed by atoms with van der Waals surface area (Å²) >= 11 is 1.56. The molecular weight excluding hydrogens is 274 g/mol. The van der Waals surface area contributed by atoms with Gasteiger partial charge < -0.3 is 16.2 Å². The molecule has 0 saturated heterocycles. The molecule has 0 fully saturated rings. The van der Waals surface area contributed by atoms with Crippen LogP contribution in [0.4, 0.5) is 0 Å². The number of thioether (sulfide) groups is 1. The van der Waals surface area contributed by atoms with E-state index in [1.165, 1.54) is 0 Å². The molecule has 6 heteroatoms. The Morgan fingerprint density at radius 3 is 2.75 bits per heavy atom. The van der Waals surface area contributed by atoms with Crippen molar-refractivity contribution >= 4 is 23.6 Å². The molecule has 4 N–H and O–H groups in total. The Kier molecular flexibility index (Phi) is 7.75. The van der Waals surface area contributed by atoms with E-state index >= 15 is 0 Å². The highest BCUT2D eigenvalue weighted by molar-refractivity contribution is 7.99. The van der Waals surface area contributed by atoms with Gasteiger partial charge in [0.15, 0.2) is 0 Å². The summed E-state index contributed by atoms with van der Waals surface area (Å²) in [5, 5.41) is 0. The molecule has 0 aromatic heterocycles. The minimum Gasteiger partial charge on any atom is -0.460 e. The van der Waals surface area contributed by atoms with E-state index in [2.05, 4.69) is 4.99 Å². The van der Waals surface area contributed by atoms with Gasteiger partial charge in [-0.25, -0.2) is 0 Å². The van der Waals surface area contributed by atoms with Gasteiger partial charge in [-0.05, 0) is 12.5 Å². The number of ether oxygens (including phenoxy) is 1. The maximum absolute atomic E-state index is 11.7. The number of carbonyl (C=O) groups is 1. The summed E-state index contributed by atoms with van der Waals surface area (Å²) in [6.07, 6.45) is 0. The van der Waals surface area contributed by atoms with Crippen LogP contribution in [-0.2, 0) is 16.1 Å². The molecule has 0 aliphatic rings. The number of esters is 1. The lowest BCUT2D eigenvalue weighted by molar-refractivity contribution is -0.145. The lowest BCUT2D eigenvalue weighted by Gasteiger charge is -2.11. The van der Waals surface area contributed by atoms with Gasteiger partial charge >= 0.3 is 5.97 Å². The number of nitrogens with zero attached hydrogens (tertiary/aromatic N) is 1. The Morgan fingerprint density at radius 1 is 1.40 bits per heavy atom. The van der Waals surface area contributed by atoms with Crippen LogP contribution in [0.25, 0.3) is 0 Å². The van der Waals surface area contributed by atoms with Crippen molar-refractivity contribution in [3.8, 4) is 0 Å². The molecule has 1 rings (SSSR count). The standard InChI is InChI=1S/C14H21N3O2S/c1-11(15)17-7-8-20-10-13(16)14(18)19-9-12-5-3-2-4-6-12/h2-6,13H,7-10,16H2,1H3,(H2,15,17). The van der Waals surface area contributed by atoms with Gasteiger partial charge in [-0.15, -0.1) is 0 Å². The highest BCUT2D eigenvalue weighted by atomic mass is 32.2. The first kappa shape index (κ1) is 16.5. The summed E-state index contributed by atoms with van der Waals surface area (Å²) in [7, 11) is 0. The summed E-state index contributed by atoms with van der Waals surface area (Å²) in [6, 6.07) is 8.92. The molecule has 0 heterocycles. The molecule has 1 aromatic rings. The van der Waals surface area contributed by atoms with Crippen molar-refractivity contribution in [3.63, 3.8) is 0 Å². The first-order valence-corrected chi connectivity index (χ1v) is 7.55. The molecule has 0 saturated carbocycles. The molecule has 1 aromatic carbocycles. The second-order valence-electron chi connectivity index (χ2n) is 4.30. The monoisotopic (exact) mass is 295 g/mol. The maximum Gasteiger partial charge on any atom is 0.324 e. The van der Waals surface area contributed by atoms with Gasteiger partial charge in [0.25, 0.3) is 0 Å². The largest absolute Gasteiger partial charge is 0.460 e. The third-order valence-electron chi connectivity index (χ3n) is 2.42. The molecular formula is C14H21N3O2S. The van der Waals surface area contributed by atoms with Crippen molar-refractivity contribution in [2.75, 3.05) is 18.1 Å². The summed E-state index contributed by atoms with van der Waals surface area (Å²) in [4.78, 5) is 15.7. The molecule has 110 valence electrons. The fourth-order valence-electron chi connectivity index (χ4n) is 1.40. The normalized spacial score (nSPS) is 13.0. The number of benzene rings is 1. The molecule has 0 spiro atoms. The van der Waals surface area contributed by atoms with Crippen molar-refractivity contribution in [2.24, 2.45) is 16.5 Å². The van der Waals surface area contributed by atoms with Crippen LogP contribution in [0, 0.1) is 0 Å². The summed E-state index contributed by atoms with van der Waals surface area (Å²) in [5.41, 5.74) is 12.1. The number of hydrogen-bond donors (Lipinski definition) is 2. The lowest BCUT2D eigenvalue weighted by Crippen LogP contribution is -2.34. The van der Waals surface area contributed by atoms with E-state index in [0.29, 0.717) is 18.1 Å². The van der Waals surface area contributed by atoms with Gasteiger partial charge in [-0.2, -0.15) is 11.8 Å². The number of aliphatic imine (C=N–C) groups is 1. The van der Waals surface area contributed by atoms with Crippen LogP contribution < -0.4 is 11.5 Å². The van der Waals surface area contributed by atoms with Crippen molar-refractivity contribution in [3.05, 3.63) is 35.9 Å². The molecule has 0 bridgehead atoms. The van der Waals surface area contributed by atoms with Crippen LogP contribution in [0.3, 0.4) is 0 Å². The Hall–Kier alpha value is -1.53. The van der Waals surface area contributed by atoms with E-state index in [4.69, 9.17) is 16.2 Å². The number of nitrogens with two attached hydrogens (primary N) is 2. The Morgan fingerprint density at radius 2 is 2.10 bits per heavy atom. The minimum absolute atomic E-state index is 0.259. The molecule has 1 unspecified atom stereocenters. The smallest absolute Gasteiger partial charge is 0.324 e. The van der Waals surface area contributed by atoms with Crippen LogP contribution in [0.2, 0.25) is 0 Å². The van der Waals surface area contributed by atoms with Crippen molar-refractivity contribution in [1.29, 1.82) is 0 Å². The minimum atomic E-state index is -0.605. The molecule has 0 amide bonds. The van der Waals surface area contributed by atoms with Crippen molar-refractivity contribution in [1.82, 2.24) is 0 Å². The van der Waals surface area contributed by atoms with Crippen LogP contribution in [0.1, 0.15) is 12.5 Å². The summed E-state index contributed by atoms with van der Waals surface area (Å²) < 4.78 is 5.16. The van der Waals surface area contributed by atoms with Crippen LogP contribution in [0.5, 0.6) is 0 Å². The second kappa shape index (κ2) is 9.39. The Balaban J connectivity index is 2.17. The Bertz CT molecular complexity index is 433.